The molecule has 0 saturated carbocycles. The molecule has 9 nitrogen and oxygen atoms in total. The Morgan fingerprint density at radius 2 is 1.52 bits per heavy atom. The van der Waals surface area contributed by atoms with Gasteiger partial charge in [0.05, 0.1) is 24.3 Å². The molecule has 1 atom stereocenters. The van der Waals surface area contributed by atoms with Gasteiger partial charge in [-0.2, -0.15) is 0 Å². The van der Waals surface area contributed by atoms with Crippen molar-refractivity contribution in [3.63, 3.8) is 0 Å². The summed E-state index contributed by atoms with van der Waals surface area (Å²) >= 11 is 1.50. The maximum Gasteiger partial charge on any atom is 0.264 e. The molecule has 11 heteroatoms. The average molecular weight is 614 g/mol. The van der Waals surface area contributed by atoms with E-state index in [1.165, 1.54) is 28.8 Å². The number of likely N-dealkylation sites (N-methyl/N-ethyl adjacent to an activating group) is 1. The van der Waals surface area contributed by atoms with Crippen molar-refractivity contribution in [2.24, 2.45) is 0 Å². The van der Waals surface area contributed by atoms with Crippen LogP contribution in [0, 0.1) is 0 Å². The largest absolute Gasteiger partial charge is 0.497 e. The standard InChI is InChI=1S/C31H39N3O6S2/c1-6-29(31(36)32-7-2)33(21-23-9-13-25(39-4)14-10-23)30(35)22-34(24-11-15-26(16-12-24)40-8-3)42(37,38)28-19-17-27(41-5)18-20-28/h9-20,29H,6-8,21-22H2,1-5H3,(H,32,36)/t29-/m0/s1. The molecule has 226 valence electrons. The van der Waals surface area contributed by atoms with Gasteiger partial charge in [0.15, 0.2) is 0 Å². The average Bonchev–Trinajstić information content (AvgIpc) is 3.00. The fourth-order valence-corrected chi connectivity index (χ4v) is 6.24. The van der Waals surface area contributed by atoms with Crippen molar-refractivity contribution in [1.82, 2.24) is 10.2 Å². The van der Waals surface area contributed by atoms with E-state index in [4.69, 9.17) is 9.47 Å². The number of carbonyl (C=O) groups excluding carboxylic acids is 2. The molecule has 0 aromatic heterocycles. The lowest BCUT2D eigenvalue weighted by Gasteiger charge is -2.33. The summed E-state index contributed by atoms with van der Waals surface area (Å²) in [5.74, 6) is 0.428. The molecule has 0 aliphatic carbocycles. The van der Waals surface area contributed by atoms with Crippen LogP contribution in [0.3, 0.4) is 0 Å². The zero-order valence-corrected chi connectivity index (χ0v) is 26.3. The van der Waals surface area contributed by atoms with Crippen LogP contribution < -0.4 is 19.1 Å². The van der Waals surface area contributed by atoms with Crippen molar-refractivity contribution in [1.29, 1.82) is 0 Å². The molecule has 3 aromatic carbocycles. The van der Waals surface area contributed by atoms with Gasteiger partial charge < -0.3 is 19.7 Å². The molecule has 0 fully saturated rings. The number of rotatable bonds is 15. The minimum atomic E-state index is -4.16. The van der Waals surface area contributed by atoms with Gasteiger partial charge in [-0.3, -0.25) is 13.9 Å². The van der Waals surface area contributed by atoms with E-state index in [1.54, 1.807) is 55.6 Å². The molecule has 3 rings (SSSR count). The highest BCUT2D eigenvalue weighted by atomic mass is 32.2. The maximum atomic E-state index is 14.1. The topological polar surface area (TPSA) is 105 Å². The Hall–Kier alpha value is -3.70. The highest BCUT2D eigenvalue weighted by Gasteiger charge is 2.33. The molecule has 42 heavy (non-hydrogen) atoms. The molecule has 3 aromatic rings. The Bertz CT molecular complexity index is 1410. The summed E-state index contributed by atoms with van der Waals surface area (Å²) < 4.78 is 39.9. The smallest absolute Gasteiger partial charge is 0.264 e. The number of amides is 2. The third-order valence-corrected chi connectivity index (χ3v) is 9.14. The van der Waals surface area contributed by atoms with Crippen LogP contribution >= 0.6 is 11.8 Å². The van der Waals surface area contributed by atoms with Gasteiger partial charge in [-0.05, 0) is 92.8 Å². The summed E-state index contributed by atoms with van der Waals surface area (Å²) in [5.41, 5.74) is 1.08. The van der Waals surface area contributed by atoms with Crippen molar-refractivity contribution in [2.45, 2.75) is 49.6 Å². The molecule has 0 saturated heterocycles. The van der Waals surface area contributed by atoms with Gasteiger partial charge >= 0.3 is 0 Å². The number of carbonyl (C=O) groups is 2. The van der Waals surface area contributed by atoms with E-state index in [9.17, 15) is 18.0 Å². The fourth-order valence-electron chi connectivity index (χ4n) is 4.42. The first kappa shape index (κ1) is 32.8. The quantitative estimate of drug-likeness (QED) is 0.242. The van der Waals surface area contributed by atoms with Crippen LogP contribution in [0.15, 0.2) is 82.6 Å². The highest BCUT2D eigenvalue weighted by Crippen LogP contribution is 2.28. The van der Waals surface area contributed by atoms with Crippen LogP contribution in [0.25, 0.3) is 0 Å². The van der Waals surface area contributed by atoms with Gasteiger partial charge in [-0.25, -0.2) is 8.42 Å². The molecule has 0 spiro atoms. The summed E-state index contributed by atoms with van der Waals surface area (Å²) in [4.78, 5) is 29.6. The van der Waals surface area contributed by atoms with Gasteiger partial charge in [-0.15, -0.1) is 11.8 Å². The molecule has 0 bridgehead atoms. The van der Waals surface area contributed by atoms with Crippen LogP contribution in [0.5, 0.6) is 11.5 Å². The first-order chi connectivity index (χ1) is 20.2. The minimum absolute atomic E-state index is 0.0551. The third-order valence-electron chi connectivity index (χ3n) is 6.61. The maximum absolute atomic E-state index is 14.1. The fraction of sp³-hybridized carbons (Fsp3) is 0.355. The second-order valence-corrected chi connectivity index (χ2v) is 12.0. The molecule has 0 unspecified atom stereocenters. The summed E-state index contributed by atoms with van der Waals surface area (Å²) in [6.07, 6.45) is 2.25. The first-order valence-electron chi connectivity index (χ1n) is 13.8. The molecule has 0 radical (unpaired) electrons. The number of hydrogen-bond donors (Lipinski definition) is 1. The minimum Gasteiger partial charge on any atom is -0.497 e. The number of benzene rings is 3. The lowest BCUT2D eigenvalue weighted by atomic mass is 10.1. The van der Waals surface area contributed by atoms with Crippen LogP contribution in [-0.2, 0) is 26.2 Å². The molecule has 0 aliphatic heterocycles. The highest BCUT2D eigenvalue weighted by molar-refractivity contribution is 7.98. The summed E-state index contributed by atoms with van der Waals surface area (Å²) in [7, 11) is -2.59. The molecular weight excluding hydrogens is 574 g/mol. The van der Waals surface area contributed by atoms with Crippen LogP contribution in [0.4, 0.5) is 5.69 Å². The van der Waals surface area contributed by atoms with E-state index >= 15 is 0 Å². The first-order valence-corrected chi connectivity index (χ1v) is 16.4. The van der Waals surface area contributed by atoms with Gasteiger partial charge in [0, 0.05) is 18.0 Å². The van der Waals surface area contributed by atoms with Crippen LogP contribution in [0.1, 0.15) is 32.8 Å². The van der Waals surface area contributed by atoms with E-state index in [1.807, 2.05) is 39.2 Å². The summed E-state index contributed by atoms with van der Waals surface area (Å²) in [5, 5.41) is 2.81. The molecule has 0 heterocycles. The Labute approximate surface area is 253 Å². The summed E-state index contributed by atoms with van der Waals surface area (Å²) in [6.45, 7) is 5.95. The van der Waals surface area contributed by atoms with E-state index in [2.05, 4.69) is 5.32 Å². The Kier molecular flexibility index (Phi) is 12.1. The van der Waals surface area contributed by atoms with Crippen molar-refractivity contribution >= 4 is 39.3 Å². The van der Waals surface area contributed by atoms with E-state index < -0.39 is 28.5 Å². The Morgan fingerprint density at radius 3 is 2.05 bits per heavy atom. The Morgan fingerprint density at radius 1 is 0.905 bits per heavy atom. The van der Waals surface area contributed by atoms with Gasteiger partial charge in [0.1, 0.15) is 24.1 Å². The Balaban J connectivity index is 2.05. The van der Waals surface area contributed by atoms with Crippen molar-refractivity contribution in [2.75, 3.05) is 37.4 Å². The normalized spacial score (nSPS) is 11.8. The number of sulfonamides is 1. The second-order valence-electron chi connectivity index (χ2n) is 9.30. The summed E-state index contributed by atoms with van der Waals surface area (Å²) in [6, 6.07) is 19.5. The third kappa shape index (κ3) is 8.19. The van der Waals surface area contributed by atoms with E-state index in [0.29, 0.717) is 36.8 Å². The zero-order valence-electron chi connectivity index (χ0n) is 24.7. The number of ether oxygens (including phenoxy) is 2. The predicted molar refractivity (Wildman–Crippen MR) is 167 cm³/mol. The van der Waals surface area contributed by atoms with Crippen LogP contribution in [0.2, 0.25) is 0 Å². The molecular formula is C31H39N3O6S2. The number of hydrogen-bond acceptors (Lipinski definition) is 7. The van der Waals surface area contributed by atoms with Crippen LogP contribution in [-0.4, -0.2) is 64.2 Å². The van der Waals surface area contributed by atoms with E-state index in [-0.39, 0.29) is 17.3 Å². The monoisotopic (exact) mass is 613 g/mol. The zero-order chi connectivity index (χ0) is 30.7. The van der Waals surface area contributed by atoms with Crippen molar-refractivity contribution in [3.05, 3.63) is 78.4 Å². The SMILES string of the molecule is CCNC(=O)[C@H](CC)N(Cc1ccc(OC)cc1)C(=O)CN(c1ccc(OCC)cc1)S(=O)(=O)c1ccc(SC)cc1. The molecule has 2 amide bonds. The number of anilines is 1. The lowest BCUT2D eigenvalue weighted by Crippen LogP contribution is -2.52. The van der Waals surface area contributed by atoms with Gasteiger partial charge in [0.25, 0.3) is 10.0 Å². The number of methoxy groups -OCH3 is 1. The van der Waals surface area contributed by atoms with Gasteiger partial charge in [-0.1, -0.05) is 19.1 Å². The van der Waals surface area contributed by atoms with Crippen molar-refractivity contribution < 1.29 is 27.5 Å². The number of nitrogens with zero attached hydrogens (tertiary/aromatic N) is 2. The lowest BCUT2D eigenvalue weighted by molar-refractivity contribution is -0.140. The van der Waals surface area contributed by atoms with Crippen molar-refractivity contribution in [3.8, 4) is 11.5 Å². The number of thioether (sulfide) groups is 1. The second kappa shape index (κ2) is 15.5. The molecule has 0 aliphatic rings. The number of nitrogens with one attached hydrogen (secondary N) is 1. The molecule has 1 N–H and O–H groups in total. The predicted octanol–water partition coefficient (Wildman–Crippen LogP) is 4.95. The van der Waals surface area contributed by atoms with E-state index in [0.717, 1.165) is 14.8 Å². The van der Waals surface area contributed by atoms with Gasteiger partial charge in [0.2, 0.25) is 11.8 Å².